The van der Waals surface area contributed by atoms with Crippen LogP contribution in [0.5, 0.6) is 0 Å². The first kappa shape index (κ1) is 19.1. The maximum atomic E-state index is 12.8. The summed E-state index contributed by atoms with van der Waals surface area (Å²) in [5.74, 6) is 0.159. The van der Waals surface area contributed by atoms with Crippen molar-refractivity contribution < 1.29 is 14.6 Å². The molecule has 9 nitrogen and oxygen atoms in total. The second-order valence-electron chi connectivity index (χ2n) is 7.19. The van der Waals surface area contributed by atoms with Gasteiger partial charge >= 0.3 is 0 Å². The van der Waals surface area contributed by atoms with E-state index in [1.165, 1.54) is 25.0 Å². The van der Waals surface area contributed by atoms with Gasteiger partial charge in [0.05, 0.1) is 15.9 Å². The Morgan fingerprint density at radius 1 is 0.926 bits per heavy atom. The van der Waals surface area contributed by atoms with Crippen LogP contribution < -0.4 is 4.90 Å². The Bertz CT molecular complexity index is 722. The summed E-state index contributed by atoms with van der Waals surface area (Å²) in [7, 11) is 0. The van der Waals surface area contributed by atoms with Gasteiger partial charge in [0, 0.05) is 38.2 Å². The number of rotatable bonds is 4. The molecule has 0 spiro atoms. The summed E-state index contributed by atoms with van der Waals surface area (Å²) in [6.07, 6.45) is 5.74. The van der Waals surface area contributed by atoms with E-state index in [0.717, 1.165) is 32.0 Å². The highest BCUT2D eigenvalue weighted by atomic mass is 16.6. The molecule has 0 unspecified atom stereocenters. The molecule has 2 aliphatic heterocycles. The average molecular weight is 376 g/mol. The summed E-state index contributed by atoms with van der Waals surface area (Å²) >= 11 is 0. The van der Waals surface area contributed by atoms with Crippen LogP contribution in [0, 0.1) is 26.1 Å². The van der Waals surface area contributed by atoms with E-state index in [2.05, 4.69) is 0 Å². The molecule has 0 saturated carbocycles. The second kappa shape index (κ2) is 8.32. The van der Waals surface area contributed by atoms with E-state index in [4.69, 9.17) is 0 Å². The lowest BCUT2D eigenvalue weighted by atomic mass is 9.94. The van der Waals surface area contributed by atoms with Crippen LogP contribution in [0.25, 0.3) is 0 Å². The predicted molar refractivity (Wildman–Crippen MR) is 99.7 cm³/mol. The molecule has 27 heavy (non-hydrogen) atoms. The lowest BCUT2D eigenvalue weighted by molar-refractivity contribution is -0.393. The summed E-state index contributed by atoms with van der Waals surface area (Å²) in [5, 5.41) is 22.2. The van der Waals surface area contributed by atoms with Gasteiger partial charge in [0.15, 0.2) is 0 Å². The number of anilines is 1. The highest BCUT2D eigenvalue weighted by Crippen LogP contribution is 2.34. The van der Waals surface area contributed by atoms with Crippen LogP contribution in [0.2, 0.25) is 0 Å². The Balaban J connectivity index is 1.67. The number of nitro benzene ring substituents is 2. The zero-order valence-corrected chi connectivity index (χ0v) is 15.2. The van der Waals surface area contributed by atoms with Crippen LogP contribution in [-0.4, -0.2) is 46.8 Å². The van der Waals surface area contributed by atoms with Crippen LogP contribution >= 0.6 is 0 Å². The number of nitro groups is 2. The van der Waals surface area contributed by atoms with Crippen LogP contribution in [0.1, 0.15) is 38.5 Å². The summed E-state index contributed by atoms with van der Waals surface area (Å²) in [6, 6.07) is 3.73. The fourth-order valence-corrected chi connectivity index (χ4v) is 3.96. The normalized spacial score (nSPS) is 18.8. The minimum Gasteiger partial charge on any atom is -0.366 e. The fourth-order valence-electron chi connectivity index (χ4n) is 3.96. The molecular formula is C18H24N4O5. The molecule has 1 aromatic carbocycles. The number of nitrogens with zero attached hydrogens (tertiary/aromatic N) is 4. The van der Waals surface area contributed by atoms with Gasteiger partial charge < -0.3 is 9.80 Å². The number of amides is 1. The zero-order valence-electron chi connectivity index (χ0n) is 15.2. The first-order chi connectivity index (χ1) is 13.0. The number of hydrogen-bond donors (Lipinski definition) is 0. The molecule has 0 aromatic heterocycles. The van der Waals surface area contributed by atoms with Gasteiger partial charge in [-0.1, -0.05) is 12.8 Å². The standard InChI is InChI=1S/C18H24N4O5/c23-18(20-9-3-1-2-4-10-20)14-7-11-19(12-8-14)16-6-5-15(21(24)25)13-17(16)22(26)27/h5-6,13-14H,1-4,7-12H2. The third kappa shape index (κ3) is 4.35. The number of carbonyl (C=O) groups is 1. The van der Waals surface area contributed by atoms with Gasteiger partial charge in [0.25, 0.3) is 11.4 Å². The van der Waals surface area contributed by atoms with Crippen molar-refractivity contribution in [3.05, 3.63) is 38.4 Å². The average Bonchev–Trinajstić information content (AvgIpc) is 2.96. The summed E-state index contributed by atoms with van der Waals surface area (Å²) in [5.41, 5.74) is -0.176. The monoisotopic (exact) mass is 376 g/mol. The van der Waals surface area contributed by atoms with Crippen LogP contribution in [0.15, 0.2) is 18.2 Å². The Hall–Kier alpha value is -2.71. The number of hydrogen-bond acceptors (Lipinski definition) is 6. The number of benzene rings is 1. The maximum Gasteiger partial charge on any atom is 0.299 e. The molecule has 9 heteroatoms. The Labute approximate surface area is 157 Å². The van der Waals surface area contributed by atoms with Gasteiger partial charge in [-0.15, -0.1) is 0 Å². The third-order valence-corrected chi connectivity index (χ3v) is 5.47. The minimum atomic E-state index is -0.636. The first-order valence-corrected chi connectivity index (χ1v) is 9.44. The number of carbonyl (C=O) groups excluding carboxylic acids is 1. The third-order valence-electron chi connectivity index (χ3n) is 5.47. The Kier molecular flexibility index (Phi) is 5.88. The van der Waals surface area contributed by atoms with E-state index >= 15 is 0 Å². The van der Waals surface area contributed by atoms with Gasteiger partial charge in [0.1, 0.15) is 5.69 Å². The van der Waals surface area contributed by atoms with Gasteiger partial charge in [-0.05, 0) is 31.7 Å². The molecule has 0 N–H and O–H groups in total. The predicted octanol–water partition coefficient (Wildman–Crippen LogP) is 3.12. The van der Waals surface area contributed by atoms with Gasteiger partial charge in [-0.25, -0.2) is 0 Å². The molecule has 146 valence electrons. The van der Waals surface area contributed by atoms with Crippen molar-refractivity contribution >= 4 is 23.0 Å². The van der Waals surface area contributed by atoms with Crippen molar-refractivity contribution in [2.75, 3.05) is 31.1 Å². The quantitative estimate of drug-likeness (QED) is 0.590. The lowest BCUT2D eigenvalue weighted by Crippen LogP contribution is -2.43. The van der Waals surface area contributed by atoms with Gasteiger partial charge in [-0.2, -0.15) is 0 Å². The largest absolute Gasteiger partial charge is 0.366 e. The second-order valence-corrected chi connectivity index (χ2v) is 7.19. The zero-order chi connectivity index (χ0) is 19.4. The molecule has 3 rings (SSSR count). The molecule has 0 radical (unpaired) electrons. The van der Waals surface area contributed by atoms with E-state index < -0.39 is 9.85 Å². The van der Waals surface area contributed by atoms with Crippen molar-refractivity contribution in [2.45, 2.75) is 38.5 Å². The molecule has 2 heterocycles. The van der Waals surface area contributed by atoms with Crippen molar-refractivity contribution in [2.24, 2.45) is 5.92 Å². The highest BCUT2D eigenvalue weighted by molar-refractivity contribution is 5.79. The van der Waals surface area contributed by atoms with Crippen molar-refractivity contribution in [3.63, 3.8) is 0 Å². The number of likely N-dealkylation sites (tertiary alicyclic amines) is 1. The number of piperidine rings is 1. The van der Waals surface area contributed by atoms with E-state index in [0.29, 0.717) is 31.6 Å². The lowest BCUT2D eigenvalue weighted by Gasteiger charge is -2.35. The highest BCUT2D eigenvalue weighted by Gasteiger charge is 2.31. The molecule has 0 aliphatic carbocycles. The summed E-state index contributed by atoms with van der Waals surface area (Å²) in [4.78, 5) is 37.6. The Morgan fingerprint density at radius 3 is 2.11 bits per heavy atom. The van der Waals surface area contributed by atoms with E-state index in [9.17, 15) is 25.0 Å². The molecule has 1 amide bonds. The summed E-state index contributed by atoms with van der Waals surface area (Å²) < 4.78 is 0. The molecule has 2 fully saturated rings. The SMILES string of the molecule is O=C(C1CCN(c2ccc([N+](=O)[O-])cc2[N+](=O)[O-])CC1)N1CCCCCC1. The summed E-state index contributed by atoms with van der Waals surface area (Å²) in [6.45, 7) is 2.71. The van der Waals surface area contributed by atoms with E-state index in [1.807, 2.05) is 9.80 Å². The maximum absolute atomic E-state index is 12.8. The van der Waals surface area contributed by atoms with Crippen LogP contribution in [0.3, 0.4) is 0 Å². The Morgan fingerprint density at radius 2 is 1.56 bits per heavy atom. The van der Waals surface area contributed by atoms with Crippen LogP contribution in [0.4, 0.5) is 17.1 Å². The van der Waals surface area contributed by atoms with Crippen molar-refractivity contribution in [3.8, 4) is 0 Å². The van der Waals surface area contributed by atoms with Gasteiger partial charge in [0.2, 0.25) is 5.91 Å². The van der Waals surface area contributed by atoms with Gasteiger partial charge in [-0.3, -0.25) is 25.0 Å². The van der Waals surface area contributed by atoms with Crippen molar-refractivity contribution in [1.29, 1.82) is 0 Å². The smallest absolute Gasteiger partial charge is 0.299 e. The topological polar surface area (TPSA) is 110 Å². The first-order valence-electron chi connectivity index (χ1n) is 9.44. The molecular weight excluding hydrogens is 352 g/mol. The van der Waals surface area contributed by atoms with Crippen LogP contribution in [-0.2, 0) is 4.79 Å². The molecule has 2 aliphatic rings. The fraction of sp³-hybridized carbons (Fsp3) is 0.611. The molecule has 2 saturated heterocycles. The molecule has 0 atom stereocenters. The van der Waals surface area contributed by atoms with Crippen molar-refractivity contribution in [1.82, 2.24) is 4.90 Å². The minimum absolute atomic E-state index is 0.0449. The van der Waals surface area contributed by atoms with E-state index in [-0.39, 0.29) is 23.2 Å². The molecule has 0 bridgehead atoms. The number of non-ortho nitro benzene ring substituents is 1. The van der Waals surface area contributed by atoms with E-state index in [1.54, 1.807) is 0 Å². The molecule has 1 aromatic rings.